The molecule has 0 atom stereocenters. The number of benzene rings is 1. The molecule has 0 bridgehead atoms. The molecule has 0 saturated heterocycles. The van der Waals surface area contributed by atoms with Gasteiger partial charge in [-0.05, 0) is 34.9 Å². The predicted octanol–water partition coefficient (Wildman–Crippen LogP) is 6.19. The molecule has 3 heterocycles. The van der Waals surface area contributed by atoms with Crippen molar-refractivity contribution >= 4 is 49.6 Å². The van der Waals surface area contributed by atoms with Crippen molar-refractivity contribution in [3.05, 3.63) is 67.9 Å². The summed E-state index contributed by atoms with van der Waals surface area (Å²) < 4.78 is 0.770. The largest absolute Gasteiger partial charge is 0.324 e. The minimum absolute atomic E-state index is 0.0374. The molecule has 0 spiro atoms. The van der Waals surface area contributed by atoms with E-state index in [9.17, 15) is 14.9 Å². The number of fused-ring (bicyclic) bond motifs is 1. The van der Waals surface area contributed by atoms with Gasteiger partial charge in [0.2, 0.25) is 0 Å². The summed E-state index contributed by atoms with van der Waals surface area (Å²) in [4.78, 5) is 32.7. The van der Waals surface area contributed by atoms with Gasteiger partial charge in [-0.1, -0.05) is 56.4 Å². The van der Waals surface area contributed by atoms with Crippen molar-refractivity contribution in [2.24, 2.45) is 0 Å². The van der Waals surface area contributed by atoms with E-state index >= 15 is 0 Å². The number of aryl methyl sites for hydroxylation is 1. The van der Waals surface area contributed by atoms with Gasteiger partial charge in [0.15, 0.2) is 11.6 Å². The molecule has 1 amide bonds. The molecule has 0 aliphatic heterocycles. The molecular formula is C22H20N4O3S2. The molecule has 7 nitrogen and oxygen atoms in total. The molecule has 0 aliphatic rings. The monoisotopic (exact) mass is 452 g/mol. The molecule has 3 aromatic heterocycles. The minimum atomic E-state index is -0.508. The Bertz CT molecular complexity index is 1300. The van der Waals surface area contributed by atoms with Gasteiger partial charge in [0, 0.05) is 11.6 Å². The molecule has 1 N–H and O–H groups in total. The highest BCUT2D eigenvalue weighted by Crippen LogP contribution is 2.33. The molecule has 9 heteroatoms. The number of aromatic nitrogens is 2. The molecular weight excluding hydrogens is 432 g/mol. The van der Waals surface area contributed by atoms with Crippen LogP contribution in [0.15, 0.2) is 41.8 Å². The number of anilines is 1. The van der Waals surface area contributed by atoms with Crippen molar-refractivity contribution in [1.29, 1.82) is 0 Å². The Morgan fingerprint density at radius 1 is 1.10 bits per heavy atom. The van der Waals surface area contributed by atoms with E-state index < -0.39 is 10.8 Å². The zero-order valence-electron chi connectivity index (χ0n) is 17.4. The highest BCUT2D eigenvalue weighted by molar-refractivity contribution is 7.18. The second kappa shape index (κ2) is 7.82. The third kappa shape index (κ3) is 4.19. The molecule has 4 rings (SSSR count). The van der Waals surface area contributed by atoms with Crippen LogP contribution in [0.25, 0.3) is 21.6 Å². The third-order valence-corrected chi connectivity index (χ3v) is 6.96. The normalized spacial score (nSPS) is 11.6. The highest BCUT2D eigenvalue weighted by atomic mass is 32.1. The zero-order chi connectivity index (χ0) is 22.3. The van der Waals surface area contributed by atoms with E-state index in [0.717, 1.165) is 32.7 Å². The van der Waals surface area contributed by atoms with Crippen LogP contribution < -0.4 is 5.32 Å². The van der Waals surface area contributed by atoms with E-state index in [2.05, 4.69) is 43.2 Å². The summed E-state index contributed by atoms with van der Waals surface area (Å²) in [5.74, 6) is 0.485. The van der Waals surface area contributed by atoms with Gasteiger partial charge < -0.3 is 5.32 Å². The lowest BCUT2D eigenvalue weighted by molar-refractivity contribution is -0.380. The lowest BCUT2D eigenvalue weighted by atomic mass is 9.87. The van der Waals surface area contributed by atoms with E-state index in [1.165, 1.54) is 29.0 Å². The van der Waals surface area contributed by atoms with Crippen molar-refractivity contribution in [2.45, 2.75) is 33.1 Å². The fraction of sp³-hybridized carbons (Fsp3) is 0.227. The molecule has 31 heavy (non-hydrogen) atoms. The molecule has 0 radical (unpaired) electrons. The lowest BCUT2D eigenvalue weighted by Gasteiger charge is -2.19. The van der Waals surface area contributed by atoms with E-state index in [1.807, 2.05) is 24.4 Å². The quantitative estimate of drug-likeness (QED) is 0.294. The number of nitro groups is 1. The minimum Gasteiger partial charge on any atom is -0.305 e. The van der Waals surface area contributed by atoms with Crippen LogP contribution in [0, 0.1) is 17.0 Å². The summed E-state index contributed by atoms with van der Waals surface area (Å²) in [7, 11) is 0. The van der Waals surface area contributed by atoms with E-state index in [-0.39, 0.29) is 15.3 Å². The van der Waals surface area contributed by atoms with E-state index in [4.69, 9.17) is 4.98 Å². The van der Waals surface area contributed by atoms with Crippen molar-refractivity contribution < 1.29 is 9.72 Å². The Morgan fingerprint density at radius 2 is 1.81 bits per heavy atom. The van der Waals surface area contributed by atoms with Gasteiger partial charge in [-0.2, -0.15) is 0 Å². The lowest BCUT2D eigenvalue weighted by Crippen LogP contribution is -2.12. The zero-order valence-corrected chi connectivity index (χ0v) is 19.1. The number of amides is 1. The third-order valence-electron chi connectivity index (χ3n) is 4.83. The topological polar surface area (TPSA) is 98.0 Å². The smallest absolute Gasteiger partial charge is 0.305 e. The number of nitrogens with one attached hydrogen (secondary N) is 1. The number of nitrogens with zero attached hydrogens (tertiary/aromatic N) is 3. The summed E-state index contributed by atoms with van der Waals surface area (Å²) in [6.45, 7) is 8.43. The van der Waals surface area contributed by atoms with Crippen LogP contribution >= 0.6 is 22.7 Å². The summed E-state index contributed by atoms with van der Waals surface area (Å²) in [6, 6.07) is 10.9. The molecule has 0 saturated carbocycles. The molecule has 0 fully saturated rings. The fourth-order valence-electron chi connectivity index (χ4n) is 3.08. The van der Waals surface area contributed by atoms with Crippen LogP contribution in [0.5, 0.6) is 0 Å². The summed E-state index contributed by atoms with van der Waals surface area (Å²) in [5, 5.41) is 15.6. The Balaban J connectivity index is 1.73. The Labute approximate surface area is 187 Å². The number of hydrogen-bond donors (Lipinski definition) is 1. The van der Waals surface area contributed by atoms with Crippen molar-refractivity contribution in [3.8, 4) is 11.4 Å². The first-order valence-corrected chi connectivity index (χ1v) is 11.3. The second-order valence-electron chi connectivity index (χ2n) is 8.17. The first-order valence-electron chi connectivity index (χ1n) is 9.56. The SMILES string of the molecule is Cc1csc2c(NC(=O)c3ccc([N+](=O)[O-])s3)nc(-c3ccc(C(C)(C)C)cc3)nc12. The number of thiophene rings is 2. The van der Waals surface area contributed by atoms with Gasteiger partial charge in [0.1, 0.15) is 0 Å². The standard InChI is InChI=1S/C22H20N4O3S2/c1-12-11-30-18-17(12)23-19(13-5-7-14(8-6-13)22(2,3)4)24-20(18)25-21(27)15-9-10-16(31-15)26(28)29/h5-11H,1-4H3,(H,23,24,25,27). The maximum atomic E-state index is 12.7. The van der Waals surface area contributed by atoms with Crippen molar-refractivity contribution in [2.75, 3.05) is 5.32 Å². The Kier molecular flexibility index (Phi) is 5.32. The van der Waals surface area contributed by atoms with Gasteiger partial charge >= 0.3 is 5.00 Å². The number of rotatable bonds is 4. The summed E-state index contributed by atoms with van der Waals surface area (Å²) in [6.07, 6.45) is 0. The fourth-order valence-corrected chi connectivity index (χ4v) is 4.73. The highest BCUT2D eigenvalue weighted by Gasteiger charge is 2.20. The van der Waals surface area contributed by atoms with E-state index in [0.29, 0.717) is 11.6 Å². The summed E-state index contributed by atoms with van der Waals surface area (Å²) in [5.41, 5.74) is 3.87. The number of carbonyl (C=O) groups excluding carboxylic acids is 1. The van der Waals surface area contributed by atoms with E-state index in [1.54, 1.807) is 0 Å². The first kappa shape index (κ1) is 21.1. The van der Waals surface area contributed by atoms with Gasteiger partial charge in [-0.15, -0.1) is 11.3 Å². The Morgan fingerprint density at radius 3 is 2.42 bits per heavy atom. The molecule has 1 aromatic carbocycles. The van der Waals surface area contributed by atoms with Gasteiger partial charge in [0.25, 0.3) is 5.91 Å². The van der Waals surface area contributed by atoms with Gasteiger partial charge in [0.05, 0.1) is 20.0 Å². The van der Waals surface area contributed by atoms with Crippen LogP contribution in [0.2, 0.25) is 0 Å². The average molecular weight is 453 g/mol. The predicted molar refractivity (Wildman–Crippen MR) is 125 cm³/mol. The average Bonchev–Trinajstić information content (AvgIpc) is 3.35. The van der Waals surface area contributed by atoms with Crippen LogP contribution in [0.4, 0.5) is 10.8 Å². The van der Waals surface area contributed by atoms with Crippen molar-refractivity contribution in [1.82, 2.24) is 9.97 Å². The molecule has 0 unspecified atom stereocenters. The maximum absolute atomic E-state index is 12.7. The molecule has 4 aromatic rings. The van der Waals surface area contributed by atoms with Gasteiger partial charge in [-0.3, -0.25) is 14.9 Å². The van der Waals surface area contributed by atoms with Crippen LogP contribution in [-0.2, 0) is 5.41 Å². The maximum Gasteiger partial charge on any atom is 0.324 e. The van der Waals surface area contributed by atoms with Crippen LogP contribution in [0.3, 0.4) is 0 Å². The molecule has 158 valence electrons. The number of carbonyl (C=O) groups is 1. The second-order valence-corrected chi connectivity index (χ2v) is 10.1. The van der Waals surface area contributed by atoms with Crippen LogP contribution in [0.1, 0.15) is 41.6 Å². The number of hydrogen-bond acceptors (Lipinski definition) is 7. The van der Waals surface area contributed by atoms with Crippen molar-refractivity contribution in [3.63, 3.8) is 0 Å². The first-order chi connectivity index (χ1) is 14.6. The Hall–Kier alpha value is -3.17. The molecule has 0 aliphatic carbocycles. The van der Waals surface area contributed by atoms with Gasteiger partial charge in [-0.25, -0.2) is 9.97 Å². The van der Waals surface area contributed by atoms with Crippen LogP contribution in [-0.4, -0.2) is 20.8 Å². The summed E-state index contributed by atoms with van der Waals surface area (Å²) >= 11 is 2.29.